The lowest BCUT2D eigenvalue weighted by atomic mass is 10.2. The minimum absolute atomic E-state index is 0.485. The van der Waals surface area contributed by atoms with Crippen molar-refractivity contribution in [2.45, 2.75) is 13.1 Å². The van der Waals surface area contributed by atoms with Crippen molar-refractivity contribution >= 4 is 28.1 Å². The highest BCUT2D eigenvalue weighted by Gasteiger charge is 1.99. The number of nitrogens with one attached hydrogen (secondary N) is 1. The second-order valence-corrected chi connectivity index (χ2v) is 4.62. The van der Waals surface area contributed by atoms with Crippen LogP contribution in [-0.4, -0.2) is 4.98 Å². The molecule has 3 N–H and O–H groups in total. The highest BCUT2D eigenvalue weighted by atomic mass is 35.5. The molecule has 1 aromatic carbocycles. The maximum atomic E-state index is 5.81. The van der Waals surface area contributed by atoms with Gasteiger partial charge in [-0.1, -0.05) is 23.7 Å². The molecule has 3 nitrogen and oxygen atoms in total. The maximum absolute atomic E-state index is 5.81. The van der Waals surface area contributed by atoms with Crippen molar-refractivity contribution in [1.82, 2.24) is 4.98 Å². The van der Waals surface area contributed by atoms with Crippen molar-refractivity contribution in [3.63, 3.8) is 0 Å². The van der Waals surface area contributed by atoms with Gasteiger partial charge in [-0.2, -0.15) is 0 Å². The summed E-state index contributed by atoms with van der Waals surface area (Å²) in [6.45, 7) is 1.23. The van der Waals surface area contributed by atoms with Gasteiger partial charge in [-0.25, -0.2) is 4.98 Å². The lowest BCUT2D eigenvalue weighted by molar-refractivity contribution is 1.00. The largest absolute Gasteiger partial charge is 0.357 e. The summed E-state index contributed by atoms with van der Waals surface area (Å²) >= 11 is 7.37. The van der Waals surface area contributed by atoms with E-state index in [0.717, 1.165) is 22.4 Å². The number of hydrogen-bond acceptors (Lipinski definition) is 4. The Kier molecular flexibility index (Phi) is 3.77. The number of benzene rings is 1. The van der Waals surface area contributed by atoms with E-state index in [9.17, 15) is 0 Å². The van der Waals surface area contributed by atoms with Crippen LogP contribution in [0, 0.1) is 0 Å². The van der Waals surface area contributed by atoms with E-state index in [0.29, 0.717) is 6.54 Å². The molecule has 84 valence electrons. The second-order valence-electron chi connectivity index (χ2n) is 3.33. The van der Waals surface area contributed by atoms with E-state index >= 15 is 0 Å². The third-order valence-electron chi connectivity index (χ3n) is 2.12. The summed E-state index contributed by atoms with van der Waals surface area (Å²) in [7, 11) is 0. The SMILES string of the molecule is NCc1csc(NCc2ccc(Cl)cc2)n1. The molecule has 0 aliphatic heterocycles. The van der Waals surface area contributed by atoms with E-state index < -0.39 is 0 Å². The van der Waals surface area contributed by atoms with Crippen LogP contribution in [0.2, 0.25) is 5.02 Å². The van der Waals surface area contributed by atoms with E-state index in [1.807, 2.05) is 29.6 Å². The van der Waals surface area contributed by atoms with Crippen molar-refractivity contribution in [2.24, 2.45) is 5.73 Å². The molecular weight excluding hydrogens is 242 g/mol. The van der Waals surface area contributed by atoms with Crippen LogP contribution >= 0.6 is 22.9 Å². The van der Waals surface area contributed by atoms with E-state index in [4.69, 9.17) is 17.3 Å². The number of nitrogens with two attached hydrogens (primary N) is 1. The summed E-state index contributed by atoms with van der Waals surface area (Å²) in [6, 6.07) is 7.75. The second kappa shape index (κ2) is 5.30. The third-order valence-corrected chi connectivity index (χ3v) is 3.22. The van der Waals surface area contributed by atoms with Gasteiger partial charge in [0.15, 0.2) is 5.13 Å². The Bertz CT molecular complexity index is 453. The van der Waals surface area contributed by atoms with Crippen molar-refractivity contribution in [3.8, 4) is 0 Å². The minimum atomic E-state index is 0.485. The van der Waals surface area contributed by atoms with Gasteiger partial charge in [-0.05, 0) is 17.7 Å². The zero-order valence-electron chi connectivity index (χ0n) is 8.61. The van der Waals surface area contributed by atoms with Crippen LogP contribution in [-0.2, 0) is 13.1 Å². The lowest BCUT2D eigenvalue weighted by Gasteiger charge is -2.02. The molecule has 2 rings (SSSR count). The topological polar surface area (TPSA) is 50.9 Å². The molecule has 1 aromatic heterocycles. The Balaban J connectivity index is 1.94. The fourth-order valence-electron chi connectivity index (χ4n) is 1.26. The molecule has 0 spiro atoms. The van der Waals surface area contributed by atoms with Crippen LogP contribution in [0.25, 0.3) is 0 Å². The van der Waals surface area contributed by atoms with Crippen LogP contribution in [0.15, 0.2) is 29.6 Å². The van der Waals surface area contributed by atoms with E-state index in [1.54, 1.807) is 11.3 Å². The molecule has 0 atom stereocenters. The summed E-state index contributed by atoms with van der Waals surface area (Å²) in [5, 5.41) is 6.86. The van der Waals surface area contributed by atoms with Gasteiger partial charge in [0.1, 0.15) is 0 Å². The Hall–Kier alpha value is -1.10. The van der Waals surface area contributed by atoms with Gasteiger partial charge in [-0.3, -0.25) is 0 Å². The molecule has 0 saturated heterocycles. The zero-order valence-corrected chi connectivity index (χ0v) is 10.2. The van der Waals surface area contributed by atoms with Gasteiger partial charge in [0, 0.05) is 23.5 Å². The van der Waals surface area contributed by atoms with Crippen molar-refractivity contribution in [3.05, 3.63) is 45.9 Å². The summed E-state index contributed by atoms with van der Waals surface area (Å²) in [4.78, 5) is 4.32. The Labute approximate surface area is 103 Å². The predicted molar refractivity (Wildman–Crippen MR) is 68.8 cm³/mol. The zero-order chi connectivity index (χ0) is 11.4. The fourth-order valence-corrected chi connectivity index (χ4v) is 2.11. The normalized spacial score (nSPS) is 10.4. The highest BCUT2D eigenvalue weighted by molar-refractivity contribution is 7.13. The molecule has 0 aliphatic carbocycles. The average molecular weight is 254 g/mol. The minimum Gasteiger partial charge on any atom is -0.357 e. The number of thiazole rings is 1. The van der Waals surface area contributed by atoms with E-state index in [1.165, 1.54) is 5.56 Å². The van der Waals surface area contributed by atoms with E-state index in [-0.39, 0.29) is 0 Å². The molecule has 0 unspecified atom stereocenters. The number of nitrogens with zero attached hydrogens (tertiary/aromatic N) is 1. The standard InChI is InChI=1S/C11H12ClN3S/c12-9-3-1-8(2-4-9)6-14-11-15-10(5-13)7-16-11/h1-4,7H,5-6,13H2,(H,14,15). The van der Waals surface area contributed by atoms with Gasteiger partial charge in [0.05, 0.1) is 5.69 Å². The summed E-state index contributed by atoms with van der Waals surface area (Å²) in [6.07, 6.45) is 0. The molecule has 16 heavy (non-hydrogen) atoms. The van der Waals surface area contributed by atoms with Crippen molar-refractivity contribution in [1.29, 1.82) is 0 Å². The first kappa shape index (κ1) is 11.4. The molecule has 0 bridgehead atoms. The maximum Gasteiger partial charge on any atom is 0.183 e. The first-order chi connectivity index (χ1) is 7.78. The number of aromatic nitrogens is 1. The van der Waals surface area contributed by atoms with E-state index in [2.05, 4.69) is 10.3 Å². The first-order valence-corrected chi connectivity index (χ1v) is 6.16. The smallest absolute Gasteiger partial charge is 0.183 e. The van der Waals surface area contributed by atoms with Crippen molar-refractivity contribution in [2.75, 3.05) is 5.32 Å². The van der Waals surface area contributed by atoms with Crippen LogP contribution in [0.1, 0.15) is 11.3 Å². The fraction of sp³-hybridized carbons (Fsp3) is 0.182. The van der Waals surface area contributed by atoms with Crippen LogP contribution in [0.4, 0.5) is 5.13 Å². The van der Waals surface area contributed by atoms with Crippen molar-refractivity contribution < 1.29 is 0 Å². The highest BCUT2D eigenvalue weighted by Crippen LogP contribution is 2.16. The molecule has 0 saturated carbocycles. The third kappa shape index (κ3) is 2.95. The quantitative estimate of drug-likeness (QED) is 0.881. The Morgan fingerprint density at radius 1 is 1.31 bits per heavy atom. The molecule has 0 aliphatic rings. The monoisotopic (exact) mass is 253 g/mol. The molecule has 0 radical (unpaired) electrons. The molecule has 5 heteroatoms. The first-order valence-electron chi connectivity index (χ1n) is 4.90. The number of anilines is 1. The van der Waals surface area contributed by atoms with Crippen LogP contribution in [0.3, 0.4) is 0 Å². The number of halogens is 1. The lowest BCUT2D eigenvalue weighted by Crippen LogP contribution is -2.00. The van der Waals surface area contributed by atoms with Gasteiger partial charge < -0.3 is 11.1 Å². The van der Waals surface area contributed by atoms with Gasteiger partial charge in [-0.15, -0.1) is 11.3 Å². The molecular formula is C11H12ClN3S. The Morgan fingerprint density at radius 3 is 2.69 bits per heavy atom. The number of rotatable bonds is 4. The van der Waals surface area contributed by atoms with Gasteiger partial charge >= 0.3 is 0 Å². The predicted octanol–water partition coefficient (Wildman–Crippen LogP) is 2.87. The summed E-state index contributed by atoms with van der Waals surface area (Å²) in [5.41, 5.74) is 7.58. The molecule has 0 fully saturated rings. The number of hydrogen-bond donors (Lipinski definition) is 2. The average Bonchev–Trinajstić information content (AvgIpc) is 2.76. The van der Waals surface area contributed by atoms with Crippen LogP contribution < -0.4 is 11.1 Å². The van der Waals surface area contributed by atoms with Crippen LogP contribution in [0.5, 0.6) is 0 Å². The van der Waals surface area contributed by atoms with Gasteiger partial charge in [0.25, 0.3) is 0 Å². The summed E-state index contributed by atoms with van der Waals surface area (Å²) < 4.78 is 0. The molecule has 1 heterocycles. The summed E-state index contributed by atoms with van der Waals surface area (Å²) in [5.74, 6) is 0. The van der Waals surface area contributed by atoms with Gasteiger partial charge in [0.2, 0.25) is 0 Å². The molecule has 0 amide bonds. The Morgan fingerprint density at radius 2 is 2.06 bits per heavy atom. The molecule has 2 aromatic rings.